The van der Waals surface area contributed by atoms with Gasteiger partial charge in [0.05, 0.1) is 11.9 Å². The van der Waals surface area contributed by atoms with Gasteiger partial charge in [-0.2, -0.15) is 5.10 Å². The summed E-state index contributed by atoms with van der Waals surface area (Å²) in [5.41, 5.74) is 5.05. The third-order valence-corrected chi connectivity index (χ3v) is 5.22. The molecule has 2 fully saturated rings. The van der Waals surface area contributed by atoms with Crippen LogP contribution in [0, 0.1) is 18.8 Å². The molecule has 1 saturated carbocycles. The maximum atomic E-state index is 4.27. The number of likely N-dealkylation sites (tertiary alicyclic amines) is 1. The minimum atomic E-state index is 0.966. The molecule has 1 aromatic heterocycles. The van der Waals surface area contributed by atoms with Gasteiger partial charge < -0.3 is 0 Å². The summed E-state index contributed by atoms with van der Waals surface area (Å²) in [6.45, 7) is 5.73. The van der Waals surface area contributed by atoms with E-state index < -0.39 is 0 Å². The molecule has 0 amide bonds. The molecule has 0 bridgehead atoms. The molecular weight excluding hydrogens is 258 g/mol. The Balaban J connectivity index is 1.44. The Labute approximate surface area is 126 Å². The van der Waals surface area contributed by atoms with Crippen LogP contribution in [0.4, 0.5) is 0 Å². The number of hydrogen-bond donors (Lipinski definition) is 1. The Bertz CT molecular complexity index is 621. The van der Waals surface area contributed by atoms with E-state index in [4.69, 9.17) is 0 Å². The molecule has 21 heavy (non-hydrogen) atoms. The Kier molecular flexibility index (Phi) is 3.30. The standard InChI is InChI=1S/C18H23N3/c1-13-4-2-7-15(8-13)18-16(9-19-20-18)10-21-11-17(12-21)14-5-3-6-14/h2,4,7-9,14,17H,3,5-6,10-12H2,1H3,(H,19,20). The zero-order valence-electron chi connectivity index (χ0n) is 12.7. The summed E-state index contributed by atoms with van der Waals surface area (Å²) in [5.74, 6) is 2.00. The molecule has 3 nitrogen and oxygen atoms in total. The van der Waals surface area contributed by atoms with E-state index >= 15 is 0 Å². The molecular formula is C18H23N3. The van der Waals surface area contributed by atoms with Crippen LogP contribution in [0.15, 0.2) is 30.5 Å². The molecule has 1 N–H and O–H groups in total. The van der Waals surface area contributed by atoms with E-state index in [1.54, 1.807) is 0 Å². The number of aryl methyl sites for hydroxylation is 1. The van der Waals surface area contributed by atoms with Gasteiger partial charge in [0.25, 0.3) is 0 Å². The van der Waals surface area contributed by atoms with Gasteiger partial charge in [-0.25, -0.2) is 0 Å². The predicted octanol–water partition coefficient (Wildman–Crippen LogP) is 3.62. The van der Waals surface area contributed by atoms with Gasteiger partial charge in [0.2, 0.25) is 0 Å². The number of rotatable bonds is 4. The molecule has 0 radical (unpaired) electrons. The SMILES string of the molecule is Cc1cccc(-c2[nH]ncc2CN2CC(C3CCC3)C2)c1. The molecule has 110 valence electrons. The van der Waals surface area contributed by atoms with Gasteiger partial charge in [0, 0.05) is 30.8 Å². The van der Waals surface area contributed by atoms with E-state index in [1.165, 1.54) is 54.7 Å². The van der Waals surface area contributed by atoms with Crippen molar-refractivity contribution in [3.05, 3.63) is 41.6 Å². The largest absolute Gasteiger partial charge is 0.298 e. The van der Waals surface area contributed by atoms with Crippen LogP contribution in [-0.2, 0) is 6.54 Å². The highest BCUT2D eigenvalue weighted by molar-refractivity contribution is 5.63. The molecule has 0 atom stereocenters. The predicted molar refractivity (Wildman–Crippen MR) is 84.9 cm³/mol. The molecule has 3 heteroatoms. The molecule has 1 aromatic carbocycles. The Hall–Kier alpha value is -1.61. The number of aromatic amines is 1. The number of nitrogens with one attached hydrogen (secondary N) is 1. The third-order valence-electron chi connectivity index (χ3n) is 5.22. The lowest BCUT2D eigenvalue weighted by molar-refractivity contribution is 0.0212. The number of aromatic nitrogens is 2. The Morgan fingerprint density at radius 2 is 2.10 bits per heavy atom. The fourth-order valence-corrected chi connectivity index (χ4v) is 3.67. The monoisotopic (exact) mass is 281 g/mol. The van der Waals surface area contributed by atoms with Crippen molar-refractivity contribution >= 4 is 0 Å². The van der Waals surface area contributed by atoms with Crippen LogP contribution in [0.2, 0.25) is 0 Å². The second kappa shape index (κ2) is 5.30. The molecule has 1 saturated heterocycles. The minimum absolute atomic E-state index is 0.966. The molecule has 1 aliphatic carbocycles. The van der Waals surface area contributed by atoms with Crippen molar-refractivity contribution in [2.45, 2.75) is 32.7 Å². The molecule has 0 spiro atoms. The van der Waals surface area contributed by atoms with Gasteiger partial charge >= 0.3 is 0 Å². The zero-order chi connectivity index (χ0) is 14.2. The Morgan fingerprint density at radius 3 is 2.81 bits per heavy atom. The molecule has 0 unspecified atom stereocenters. The highest BCUT2D eigenvalue weighted by Gasteiger charge is 2.36. The van der Waals surface area contributed by atoms with E-state index in [-0.39, 0.29) is 0 Å². The van der Waals surface area contributed by atoms with E-state index in [0.29, 0.717) is 0 Å². The number of nitrogens with zero attached hydrogens (tertiary/aromatic N) is 2. The molecule has 2 aromatic rings. The third kappa shape index (κ3) is 2.51. The first-order valence-electron chi connectivity index (χ1n) is 8.11. The second-order valence-electron chi connectivity index (χ2n) is 6.78. The average Bonchev–Trinajstić information content (AvgIpc) is 2.82. The summed E-state index contributed by atoms with van der Waals surface area (Å²) in [6.07, 6.45) is 6.40. The van der Waals surface area contributed by atoms with Crippen molar-refractivity contribution in [2.75, 3.05) is 13.1 Å². The summed E-state index contributed by atoms with van der Waals surface area (Å²) in [7, 11) is 0. The lowest BCUT2D eigenvalue weighted by Gasteiger charge is -2.46. The van der Waals surface area contributed by atoms with E-state index in [0.717, 1.165) is 18.4 Å². The van der Waals surface area contributed by atoms with Crippen LogP contribution in [0.25, 0.3) is 11.3 Å². The van der Waals surface area contributed by atoms with Gasteiger partial charge in [-0.1, -0.05) is 43.0 Å². The van der Waals surface area contributed by atoms with Gasteiger partial charge in [0.1, 0.15) is 0 Å². The summed E-state index contributed by atoms with van der Waals surface area (Å²) >= 11 is 0. The highest BCUT2D eigenvalue weighted by Crippen LogP contribution is 2.38. The van der Waals surface area contributed by atoms with Crippen molar-refractivity contribution in [3.63, 3.8) is 0 Å². The Morgan fingerprint density at radius 1 is 1.24 bits per heavy atom. The second-order valence-corrected chi connectivity index (χ2v) is 6.78. The lowest BCUT2D eigenvalue weighted by atomic mass is 9.72. The van der Waals surface area contributed by atoms with Crippen molar-refractivity contribution < 1.29 is 0 Å². The fraction of sp³-hybridized carbons (Fsp3) is 0.500. The normalized spacial score (nSPS) is 20.2. The van der Waals surface area contributed by atoms with Crippen molar-refractivity contribution in [3.8, 4) is 11.3 Å². The zero-order valence-corrected chi connectivity index (χ0v) is 12.7. The first-order chi connectivity index (χ1) is 10.3. The van der Waals surface area contributed by atoms with E-state index in [9.17, 15) is 0 Å². The minimum Gasteiger partial charge on any atom is -0.298 e. The topological polar surface area (TPSA) is 31.9 Å². The van der Waals surface area contributed by atoms with E-state index in [2.05, 4.69) is 46.3 Å². The van der Waals surface area contributed by atoms with Crippen LogP contribution in [0.1, 0.15) is 30.4 Å². The first kappa shape index (κ1) is 13.1. The highest BCUT2D eigenvalue weighted by atomic mass is 15.2. The summed E-state index contributed by atoms with van der Waals surface area (Å²) in [4.78, 5) is 2.56. The van der Waals surface area contributed by atoms with Crippen molar-refractivity contribution in [2.24, 2.45) is 11.8 Å². The molecule has 4 rings (SSSR count). The smallest absolute Gasteiger partial charge is 0.0695 e. The fourth-order valence-electron chi connectivity index (χ4n) is 3.67. The maximum Gasteiger partial charge on any atom is 0.0695 e. The average molecular weight is 281 g/mol. The number of hydrogen-bond acceptors (Lipinski definition) is 2. The van der Waals surface area contributed by atoms with Crippen molar-refractivity contribution in [1.29, 1.82) is 0 Å². The van der Waals surface area contributed by atoms with E-state index in [1.807, 2.05) is 6.20 Å². The van der Waals surface area contributed by atoms with Crippen LogP contribution >= 0.6 is 0 Å². The van der Waals surface area contributed by atoms with Gasteiger partial charge in [-0.15, -0.1) is 0 Å². The summed E-state index contributed by atoms with van der Waals surface area (Å²) in [5, 5.41) is 7.45. The van der Waals surface area contributed by atoms with Crippen molar-refractivity contribution in [1.82, 2.24) is 15.1 Å². The van der Waals surface area contributed by atoms with Crippen LogP contribution in [-0.4, -0.2) is 28.2 Å². The van der Waals surface area contributed by atoms with Gasteiger partial charge in [-0.3, -0.25) is 10.00 Å². The van der Waals surface area contributed by atoms with Crippen LogP contribution in [0.5, 0.6) is 0 Å². The van der Waals surface area contributed by atoms with Gasteiger partial charge in [-0.05, 0) is 24.8 Å². The van der Waals surface area contributed by atoms with Gasteiger partial charge in [0.15, 0.2) is 0 Å². The quantitative estimate of drug-likeness (QED) is 0.928. The lowest BCUT2D eigenvalue weighted by Crippen LogP contribution is -2.50. The molecule has 2 heterocycles. The summed E-state index contributed by atoms with van der Waals surface area (Å²) in [6, 6.07) is 8.64. The van der Waals surface area contributed by atoms with Crippen LogP contribution < -0.4 is 0 Å². The maximum absolute atomic E-state index is 4.27. The summed E-state index contributed by atoms with van der Waals surface area (Å²) < 4.78 is 0. The number of benzene rings is 1. The molecule has 1 aliphatic heterocycles. The number of H-pyrrole nitrogens is 1. The first-order valence-corrected chi connectivity index (χ1v) is 8.11. The molecule has 2 aliphatic rings. The van der Waals surface area contributed by atoms with Crippen LogP contribution in [0.3, 0.4) is 0 Å².